The van der Waals surface area contributed by atoms with E-state index in [0.29, 0.717) is 5.92 Å². The molecule has 2 heteroatoms. The van der Waals surface area contributed by atoms with Crippen LogP contribution in [0.25, 0.3) is 0 Å². The first-order chi connectivity index (χ1) is 9.06. The molecule has 1 unspecified atom stereocenters. The van der Waals surface area contributed by atoms with Crippen LogP contribution in [0.3, 0.4) is 0 Å². The minimum atomic E-state index is 0.241. The van der Waals surface area contributed by atoms with Gasteiger partial charge in [0.1, 0.15) is 5.75 Å². The highest BCUT2D eigenvalue weighted by atomic mass is 16.5. The molecule has 0 aromatic heterocycles. The lowest BCUT2D eigenvalue weighted by molar-refractivity contribution is 0.261. The number of fused-ring (bicyclic) bond motifs is 1. The molecule has 106 valence electrons. The van der Waals surface area contributed by atoms with Crippen LogP contribution in [0.1, 0.15) is 57.9 Å². The van der Waals surface area contributed by atoms with Crippen LogP contribution in [0.4, 0.5) is 0 Å². The van der Waals surface area contributed by atoms with E-state index in [2.05, 4.69) is 50.4 Å². The molecule has 2 nitrogen and oxygen atoms in total. The maximum atomic E-state index is 5.71. The van der Waals surface area contributed by atoms with Crippen molar-refractivity contribution in [1.29, 1.82) is 0 Å². The van der Waals surface area contributed by atoms with E-state index in [9.17, 15) is 0 Å². The molecule has 0 aliphatic carbocycles. The molecule has 0 fully saturated rings. The lowest BCUT2D eigenvalue weighted by atomic mass is 9.88. The van der Waals surface area contributed by atoms with Crippen LogP contribution in [-0.2, 0) is 0 Å². The van der Waals surface area contributed by atoms with Crippen molar-refractivity contribution >= 4 is 0 Å². The number of hydrogen-bond donors (Lipinski definition) is 1. The van der Waals surface area contributed by atoms with E-state index in [1.807, 2.05) is 0 Å². The number of unbranched alkanes of at least 4 members (excludes halogenated alkanes) is 1. The Kier molecular flexibility index (Phi) is 4.87. The molecule has 1 heterocycles. The van der Waals surface area contributed by atoms with Gasteiger partial charge in [-0.2, -0.15) is 0 Å². The van der Waals surface area contributed by atoms with Crippen molar-refractivity contribution in [2.75, 3.05) is 13.2 Å². The molecule has 0 saturated heterocycles. The first-order valence-electron chi connectivity index (χ1n) is 7.53. The second-order valence-electron chi connectivity index (χ2n) is 6.54. The third kappa shape index (κ3) is 4.54. The summed E-state index contributed by atoms with van der Waals surface area (Å²) in [6.07, 6.45) is 5.01. The molecule has 1 atom stereocenters. The summed E-state index contributed by atoms with van der Waals surface area (Å²) in [5.74, 6) is 1.80. The summed E-state index contributed by atoms with van der Waals surface area (Å²) >= 11 is 0. The first-order valence-corrected chi connectivity index (χ1v) is 7.53. The lowest BCUT2D eigenvalue weighted by Gasteiger charge is -2.26. The minimum absolute atomic E-state index is 0.241. The van der Waals surface area contributed by atoms with Gasteiger partial charge in [0.25, 0.3) is 0 Å². The highest BCUT2D eigenvalue weighted by Gasteiger charge is 2.20. The van der Waals surface area contributed by atoms with E-state index in [1.54, 1.807) is 0 Å². The normalized spacial score (nSPS) is 18.8. The number of benzene rings is 1. The van der Waals surface area contributed by atoms with Gasteiger partial charge in [-0.15, -0.1) is 0 Å². The molecule has 0 spiro atoms. The Morgan fingerprint density at radius 2 is 2.00 bits per heavy atom. The standard InChI is InChI=1S/C17H27NO/c1-17(2,3)18-12-7-6-8-14-11-13-19-16-10-5-4-9-15(14)16/h4-5,9-10,14,18H,6-8,11-13H2,1-3H3. The van der Waals surface area contributed by atoms with Gasteiger partial charge in [0, 0.05) is 5.54 Å². The summed E-state index contributed by atoms with van der Waals surface area (Å²) < 4.78 is 5.71. The van der Waals surface area contributed by atoms with Gasteiger partial charge in [-0.1, -0.05) is 24.6 Å². The van der Waals surface area contributed by atoms with E-state index in [4.69, 9.17) is 4.74 Å². The predicted octanol–water partition coefficient (Wildman–Crippen LogP) is 4.11. The van der Waals surface area contributed by atoms with Crippen LogP contribution < -0.4 is 10.1 Å². The fraction of sp³-hybridized carbons (Fsp3) is 0.647. The SMILES string of the molecule is CC(C)(C)NCCCCC1CCOc2ccccc21. The van der Waals surface area contributed by atoms with Crippen LogP contribution in [-0.4, -0.2) is 18.7 Å². The Hall–Kier alpha value is -1.02. The van der Waals surface area contributed by atoms with Gasteiger partial charge in [-0.05, 0) is 64.1 Å². The van der Waals surface area contributed by atoms with Gasteiger partial charge < -0.3 is 10.1 Å². The topological polar surface area (TPSA) is 21.3 Å². The second-order valence-corrected chi connectivity index (χ2v) is 6.54. The minimum Gasteiger partial charge on any atom is -0.493 e. The third-order valence-corrected chi connectivity index (χ3v) is 3.72. The second kappa shape index (κ2) is 6.42. The van der Waals surface area contributed by atoms with Gasteiger partial charge >= 0.3 is 0 Å². The van der Waals surface area contributed by atoms with E-state index in [-0.39, 0.29) is 5.54 Å². The summed E-state index contributed by atoms with van der Waals surface area (Å²) in [6.45, 7) is 8.67. The van der Waals surface area contributed by atoms with Crippen LogP contribution in [0.15, 0.2) is 24.3 Å². The van der Waals surface area contributed by atoms with Crippen LogP contribution in [0.5, 0.6) is 5.75 Å². The van der Waals surface area contributed by atoms with Crippen molar-refractivity contribution < 1.29 is 4.74 Å². The maximum Gasteiger partial charge on any atom is 0.122 e. The van der Waals surface area contributed by atoms with E-state index in [1.165, 1.54) is 31.2 Å². The van der Waals surface area contributed by atoms with Crippen molar-refractivity contribution in [3.05, 3.63) is 29.8 Å². The molecule has 1 aromatic carbocycles. The highest BCUT2D eigenvalue weighted by molar-refractivity contribution is 5.37. The van der Waals surface area contributed by atoms with Crippen molar-refractivity contribution in [2.24, 2.45) is 0 Å². The third-order valence-electron chi connectivity index (χ3n) is 3.72. The van der Waals surface area contributed by atoms with Crippen molar-refractivity contribution in [3.8, 4) is 5.75 Å². The highest BCUT2D eigenvalue weighted by Crippen LogP contribution is 2.36. The van der Waals surface area contributed by atoms with Gasteiger partial charge in [-0.25, -0.2) is 0 Å². The molecule has 1 aliphatic rings. The molecule has 0 radical (unpaired) electrons. The average molecular weight is 261 g/mol. The molecule has 1 N–H and O–H groups in total. The fourth-order valence-corrected chi connectivity index (χ4v) is 2.69. The monoisotopic (exact) mass is 261 g/mol. The molecule has 0 bridgehead atoms. The summed E-state index contributed by atoms with van der Waals surface area (Å²) in [4.78, 5) is 0. The van der Waals surface area contributed by atoms with E-state index in [0.717, 1.165) is 18.9 Å². The molecule has 0 saturated carbocycles. The number of nitrogens with one attached hydrogen (secondary N) is 1. The molecule has 2 rings (SSSR count). The average Bonchev–Trinajstić information content (AvgIpc) is 2.37. The Morgan fingerprint density at radius 1 is 1.21 bits per heavy atom. The Labute approximate surface area is 117 Å². The number of para-hydroxylation sites is 1. The summed E-state index contributed by atoms with van der Waals surface area (Å²) in [5.41, 5.74) is 1.66. The van der Waals surface area contributed by atoms with Crippen molar-refractivity contribution in [1.82, 2.24) is 5.32 Å². The summed E-state index contributed by atoms with van der Waals surface area (Å²) in [6, 6.07) is 8.52. The van der Waals surface area contributed by atoms with Gasteiger partial charge in [0.2, 0.25) is 0 Å². The number of rotatable bonds is 5. The molecule has 1 aliphatic heterocycles. The predicted molar refractivity (Wildman–Crippen MR) is 80.9 cm³/mol. The molecular formula is C17H27NO. The zero-order chi connectivity index (χ0) is 13.7. The lowest BCUT2D eigenvalue weighted by Crippen LogP contribution is -2.36. The fourth-order valence-electron chi connectivity index (χ4n) is 2.69. The molecular weight excluding hydrogens is 234 g/mol. The number of hydrogen-bond acceptors (Lipinski definition) is 2. The quantitative estimate of drug-likeness (QED) is 0.805. The smallest absolute Gasteiger partial charge is 0.122 e. The number of ether oxygens (including phenoxy) is 1. The molecule has 1 aromatic rings. The summed E-state index contributed by atoms with van der Waals surface area (Å²) in [5, 5.41) is 3.55. The Balaban J connectivity index is 1.75. The molecule has 19 heavy (non-hydrogen) atoms. The zero-order valence-corrected chi connectivity index (χ0v) is 12.5. The molecule has 0 amide bonds. The zero-order valence-electron chi connectivity index (χ0n) is 12.5. The van der Waals surface area contributed by atoms with Crippen molar-refractivity contribution in [3.63, 3.8) is 0 Å². The maximum absolute atomic E-state index is 5.71. The van der Waals surface area contributed by atoms with Crippen molar-refractivity contribution in [2.45, 2.75) is 57.9 Å². The Bertz CT molecular complexity index is 394. The van der Waals surface area contributed by atoms with E-state index < -0.39 is 0 Å². The largest absolute Gasteiger partial charge is 0.493 e. The Morgan fingerprint density at radius 3 is 2.79 bits per heavy atom. The van der Waals surface area contributed by atoms with Crippen LogP contribution >= 0.6 is 0 Å². The summed E-state index contributed by atoms with van der Waals surface area (Å²) in [7, 11) is 0. The van der Waals surface area contributed by atoms with Crippen LogP contribution in [0.2, 0.25) is 0 Å². The van der Waals surface area contributed by atoms with Gasteiger partial charge in [-0.3, -0.25) is 0 Å². The van der Waals surface area contributed by atoms with Crippen LogP contribution in [0, 0.1) is 0 Å². The van der Waals surface area contributed by atoms with Gasteiger partial charge in [0.05, 0.1) is 6.61 Å². The van der Waals surface area contributed by atoms with E-state index >= 15 is 0 Å². The van der Waals surface area contributed by atoms with Gasteiger partial charge in [0.15, 0.2) is 0 Å². The first kappa shape index (κ1) is 14.4.